The van der Waals surface area contributed by atoms with E-state index in [-0.39, 0.29) is 17.4 Å². The monoisotopic (exact) mass is 474 g/mol. The zero-order valence-electron chi connectivity index (χ0n) is 18.4. The maximum atomic E-state index is 12.8. The second-order valence-corrected chi connectivity index (χ2v) is 9.58. The predicted octanol–water partition coefficient (Wildman–Crippen LogP) is 5.23. The average Bonchev–Trinajstić information content (AvgIpc) is 2.66. The van der Waals surface area contributed by atoms with Crippen molar-refractivity contribution in [3.8, 4) is 5.75 Å². The van der Waals surface area contributed by atoms with Crippen LogP contribution >= 0.6 is 15.9 Å². The smallest absolute Gasteiger partial charge is 0.255 e. The summed E-state index contributed by atoms with van der Waals surface area (Å²) in [5, 5.41) is 3.04. The first-order valence-corrected chi connectivity index (χ1v) is 11.1. The van der Waals surface area contributed by atoms with E-state index in [0.29, 0.717) is 12.2 Å². The van der Waals surface area contributed by atoms with Crippen LogP contribution < -0.4 is 10.1 Å². The van der Waals surface area contributed by atoms with E-state index in [1.807, 2.05) is 26.0 Å². The van der Waals surface area contributed by atoms with Crippen molar-refractivity contribution in [3.63, 3.8) is 0 Å². The molecule has 0 fully saturated rings. The van der Waals surface area contributed by atoms with Crippen LogP contribution in [0.5, 0.6) is 5.75 Å². The highest BCUT2D eigenvalue weighted by atomic mass is 79.9. The molecule has 2 aromatic carbocycles. The summed E-state index contributed by atoms with van der Waals surface area (Å²) in [6.45, 7) is 11.9. The van der Waals surface area contributed by atoms with E-state index in [1.165, 1.54) is 11.1 Å². The lowest BCUT2D eigenvalue weighted by atomic mass is 9.78. The number of halogens is 1. The van der Waals surface area contributed by atoms with Gasteiger partial charge in [-0.25, -0.2) is 0 Å². The number of fused-ring (bicyclic) bond motifs is 1. The van der Waals surface area contributed by atoms with Gasteiger partial charge in [0.1, 0.15) is 5.75 Å². The van der Waals surface area contributed by atoms with Crippen LogP contribution in [0.3, 0.4) is 0 Å². The van der Waals surface area contributed by atoms with E-state index in [2.05, 4.69) is 52.1 Å². The first-order valence-electron chi connectivity index (χ1n) is 10.3. The van der Waals surface area contributed by atoms with Gasteiger partial charge in [0.25, 0.3) is 5.91 Å². The zero-order valence-corrected chi connectivity index (χ0v) is 20.0. The van der Waals surface area contributed by atoms with E-state index < -0.39 is 0 Å². The van der Waals surface area contributed by atoms with Crippen molar-refractivity contribution < 1.29 is 14.3 Å². The van der Waals surface area contributed by atoms with Crippen LogP contribution in [-0.2, 0) is 16.7 Å². The number of anilines is 1. The molecule has 30 heavy (non-hydrogen) atoms. The second-order valence-electron chi connectivity index (χ2n) is 8.73. The van der Waals surface area contributed by atoms with Gasteiger partial charge in [0.05, 0.1) is 17.2 Å². The molecule has 2 aromatic rings. The Morgan fingerprint density at radius 1 is 1.23 bits per heavy atom. The van der Waals surface area contributed by atoms with Crippen molar-refractivity contribution in [2.45, 2.75) is 45.8 Å². The zero-order chi connectivity index (χ0) is 21.9. The van der Waals surface area contributed by atoms with Crippen LogP contribution in [-0.4, -0.2) is 43.7 Å². The minimum absolute atomic E-state index is 0.0565. The van der Waals surface area contributed by atoms with Gasteiger partial charge in [0.2, 0.25) is 0 Å². The number of nitrogens with one attached hydrogen (secondary N) is 1. The summed E-state index contributed by atoms with van der Waals surface area (Å²) in [5.74, 6) is 0.590. The van der Waals surface area contributed by atoms with Crippen LogP contribution in [0.2, 0.25) is 0 Å². The molecule has 0 radical (unpaired) electrons. The fraction of sp³-hybridized carbons (Fsp3) is 0.458. The number of hydrogen-bond donors (Lipinski definition) is 1. The number of carbonyl (C=O) groups is 1. The van der Waals surface area contributed by atoms with E-state index in [9.17, 15) is 4.79 Å². The Labute approximate surface area is 187 Å². The molecule has 1 aliphatic heterocycles. The number of ether oxygens (including phenoxy) is 2. The molecule has 6 heteroatoms. The van der Waals surface area contributed by atoms with E-state index in [1.54, 1.807) is 19.2 Å². The SMILES string of the molecule is COCCN1Cc2cc(NC(=O)c3ccc(OC(C)C)c(Br)c3)ccc2C(C)(C)C1. The Hall–Kier alpha value is -1.89. The quantitative estimate of drug-likeness (QED) is 0.596. The van der Waals surface area contributed by atoms with Gasteiger partial charge in [0, 0.05) is 43.4 Å². The van der Waals surface area contributed by atoms with Gasteiger partial charge in [-0.1, -0.05) is 19.9 Å². The van der Waals surface area contributed by atoms with Gasteiger partial charge >= 0.3 is 0 Å². The Balaban J connectivity index is 1.76. The molecule has 5 nitrogen and oxygen atoms in total. The molecule has 0 aromatic heterocycles. The first-order chi connectivity index (χ1) is 14.2. The normalized spacial score (nSPS) is 15.7. The van der Waals surface area contributed by atoms with E-state index in [0.717, 1.165) is 35.5 Å². The standard InChI is InChI=1S/C24H31BrN2O3/c1-16(2)30-22-9-6-17(13-21(22)25)23(28)26-19-7-8-20-18(12-19)14-27(10-11-29-5)15-24(20,3)4/h6-9,12-13,16H,10-11,14-15H2,1-5H3,(H,26,28). The molecule has 0 atom stereocenters. The molecule has 1 amide bonds. The third-order valence-corrected chi connectivity index (χ3v) is 5.89. The van der Waals surface area contributed by atoms with Crippen LogP contribution in [0.15, 0.2) is 40.9 Å². The van der Waals surface area contributed by atoms with Crippen molar-refractivity contribution in [2.75, 3.05) is 32.1 Å². The highest BCUT2D eigenvalue weighted by molar-refractivity contribution is 9.10. The Morgan fingerprint density at radius 3 is 2.67 bits per heavy atom. The highest BCUT2D eigenvalue weighted by Gasteiger charge is 2.31. The lowest BCUT2D eigenvalue weighted by Gasteiger charge is -2.40. The number of carbonyl (C=O) groups excluding carboxylic acids is 1. The minimum Gasteiger partial charge on any atom is -0.490 e. The minimum atomic E-state index is -0.141. The van der Waals surface area contributed by atoms with Gasteiger partial charge in [-0.05, 0) is 71.2 Å². The second kappa shape index (κ2) is 9.50. The third kappa shape index (κ3) is 5.42. The molecule has 1 N–H and O–H groups in total. The summed E-state index contributed by atoms with van der Waals surface area (Å²) in [4.78, 5) is 15.2. The van der Waals surface area contributed by atoms with Gasteiger partial charge in [-0.3, -0.25) is 9.69 Å². The molecule has 1 heterocycles. The lowest BCUT2D eigenvalue weighted by Crippen LogP contribution is -2.43. The fourth-order valence-corrected chi connectivity index (χ4v) is 4.45. The topological polar surface area (TPSA) is 50.8 Å². The van der Waals surface area contributed by atoms with Crippen molar-refractivity contribution in [3.05, 3.63) is 57.6 Å². The summed E-state index contributed by atoms with van der Waals surface area (Å²) < 4.78 is 11.7. The Morgan fingerprint density at radius 2 is 2.00 bits per heavy atom. The van der Waals surface area contributed by atoms with Gasteiger partial charge in [-0.15, -0.1) is 0 Å². The highest BCUT2D eigenvalue weighted by Crippen LogP contribution is 2.35. The molecule has 0 spiro atoms. The van der Waals surface area contributed by atoms with Crippen LogP contribution in [0.25, 0.3) is 0 Å². The molecule has 0 aliphatic carbocycles. The third-order valence-electron chi connectivity index (χ3n) is 5.27. The van der Waals surface area contributed by atoms with Gasteiger partial charge in [0.15, 0.2) is 0 Å². The molecule has 0 bridgehead atoms. The van der Waals surface area contributed by atoms with Crippen molar-refractivity contribution in [1.29, 1.82) is 0 Å². The van der Waals surface area contributed by atoms with Crippen LogP contribution in [0.4, 0.5) is 5.69 Å². The molecule has 1 aliphatic rings. The van der Waals surface area contributed by atoms with E-state index >= 15 is 0 Å². The molecule has 3 rings (SSSR count). The van der Waals surface area contributed by atoms with Crippen molar-refractivity contribution in [1.82, 2.24) is 4.90 Å². The molecule has 0 saturated heterocycles. The Bertz CT molecular complexity index is 911. The fourth-order valence-electron chi connectivity index (χ4n) is 3.98. The maximum absolute atomic E-state index is 12.8. The molecule has 0 saturated carbocycles. The Kier molecular flexibility index (Phi) is 7.22. The maximum Gasteiger partial charge on any atom is 0.255 e. The average molecular weight is 475 g/mol. The first kappa shape index (κ1) is 22.8. The lowest BCUT2D eigenvalue weighted by molar-refractivity contribution is 0.102. The van der Waals surface area contributed by atoms with Gasteiger partial charge in [-0.2, -0.15) is 0 Å². The molecular weight excluding hydrogens is 444 g/mol. The molecule has 0 unspecified atom stereocenters. The largest absolute Gasteiger partial charge is 0.490 e. The molecule has 162 valence electrons. The number of rotatable bonds is 7. The van der Waals surface area contributed by atoms with Gasteiger partial charge < -0.3 is 14.8 Å². The summed E-state index contributed by atoms with van der Waals surface area (Å²) in [6.07, 6.45) is 0.0733. The number of nitrogens with zero attached hydrogens (tertiary/aromatic N) is 1. The number of hydrogen-bond acceptors (Lipinski definition) is 4. The summed E-state index contributed by atoms with van der Waals surface area (Å²) in [7, 11) is 1.73. The summed E-state index contributed by atoms with van der Waals surface area (Å²) >= 11 is 3.50. The number of benzene rings is 2. The molecular formula is C24H31BrN2O3. The summed E-state index contributed by atoms with van der Waals surface area (Å²) in [6, 6.07) is 11.6. The van der Waals surface area contributed by atoms with Crippen molar-refractivity contribution in [2.24, 2.45) is 0 Å². The predicted molar refractivity (Wildman–Crippen MR) is 124 cm³/mol. The number of amides is 1. The van der Waals surface area contributed by atoms with Crippen LogP contribution in [0.1, 0.15) is 49.2 Å². The summed E-state index contributed by atoms with van der Waals surface area (Å²) in [5.41, 5.74) is 4.04. The van der Waals surface area contributed by atoms with Crippen LogP contribution in [0, 0.1) is 0 Å². The van der Waals surface area contributed by atoms with E-state index in [4.69, 9.17) is 9.47 Å². The van der Waals surface area contributed by atoms with Crippen molar-refractivity contribution >= 4 is 27.5 Å². The number of methoxy groups -OCH3 is 1.